The van der Waals surface area contributed by atoms with Crippen molar-refractivity contribution in [1.29, 1.82) is 0 Å². The Morgan fingerprint density at radius 2 is 1.69 bits per heavy atom. The number of rotatable bonds is 5. The molecule has 3 rings (SSSR count). The highest BCUT2D eigenvalue weighted by molar-refractivity contribution is 5.95. The highest BCUT2D eigenvalue weighted by atomic mass is 16.1. The van der Waals surface area contributed by atoms with Crippen LogP contribution in [-0.2, 0) is 6.42 Å². The second-order valence-corrected chi connectivity index (χ2v) is 8.99. The molecule has 0 unspecified atom stereocenters. The van der Waals surface area contributed by atoms with E-state index in [4.69, 9.17) is 0 Å². The van der Waals surface area contributed by atoms with Crippen molar-refractivity contribution < 1.29 is 4.79 Å². The van der Waals surface area contributed by atoms with Gasteiger partial charge < -0.3 is 5.32 Å². The first kappa shape index (κ1) is 18.8. The number of ketones is 1. The van der Waals surface area contributed by atoms with Crippen molar-refractivity contribution in [3.05, 3.63) is 65.5 Å². The van der Waals surface area contributed by atoms with E-state index in [1.807, 2.05) is 30.3 Å². The van der Waals surface area contributed by atoms with Gasteiger partial charge in [0.15, 0.2) is 5.78 Å². The summed E-state index contributed by atoms with van der Waals surface area (Å²) >= 11 is 0. The first-order valence-corrected chi connectivity index (χ1v) is 9.54. The van der Waals surface area contributed by atoms with E-state index in [1.165, 1.54) is 5.56 Å². The minimum atomic E-state index is 0.0739. The van der Waals surface area contributed by atoms with Gasteiger partial charge in [-0.15, -0.1) is 0 Å². The van der Waals surface area contributed by atoms with Crippen LogP contribution < -0.4 is 5.32 Å². The Bertz CT molecular complexity index is 732. The highest BCUT2D eigenvalue weighted by Gasteiger charge is 2.38. The van der Waals surface area contributed by atoms with Gasteiger partial charge in [0, 0.05) is 41.4 Å². The van der Waals surface area contributed by atoms with Crippen LogP contribution in [0, 0.1) is 5.92 Å². The lowest BCUT2D eigenvalue weighted by Gasteiger charge is -2.46. The molecule has 2 heterocycles. The second-order valence-electron chi connectivity index (χ2n) is 8.99. The lowest BCUT2D eigenvalue weighted by Crippen LogP contribution is -2.57. The van der Waals surface area contributed by atoms with Gasteiger partial charge in [-0.05, 0) is 64.2 Å². The maximum absolute atomic E-state index is 12.7. The molecule has 138 valence electrons. The van der Waals surface area contributed by atoms with Crippen LogP contribution in [0.3, 0.4) is 0 Å². The maximum Gasteiger partial charge on any atom is 0.164 e. The normalized spacial score (nSPS) is 19.2. The van der Waals surface area contributed by atoms with Crippen LogP contribution in [0.1, 0.15) is 68.6 Å². The minimum absolute atomic E-state index is 0.0739. The number of benzene rings is 1. The second kappa shape index (κ2) is 7.32. The summed E-state index contributed by atoms with van der Waals surface area (Å²) in [6.45, 7) is 8.91. The molecule has 1 aromatic carbocycles. The van der Waals surface area contributed by atoms with E-state index in [-0.39, 0.29) is 16.9 Å². The van der Waals surface area contributed by atoms with Crippen molar-refractivity contribution >= 4 is 5.78 Å². The fourth-order valence-corrected chi connectivity index (χ4v) is 4.56. The Balaban J connectivity index is 1.63. The molecule has 1 aliphatic heterocycles. The fraction of sp³-hybridized carbons (Fsp3) is 0.478. The zero-order valence-corrected chi connectivity index (χ0v) is 16.4. The average Bonchev–Trinajstić information content (AvgIpc) is 2.53. The summed E-state index contributed by atoms with van der Waals surface area (Å²) in [5.41, 5.74) is 3.11. The van der Waals surface area contributed by atoms with Crippen molar-refractivity contribution in [3.8, 4) is 0 Å². The molecule has 2 aromatic rings. The van der Waals surface area contributed by atoms with Gasteiger partial charge in [0.1, 0.15) is 0 Å². The summed E-state index contributed by atoms with van der Waals surface area (Å²) in [5.74, 6) is 0.625. The summed E-state index contributed by atoms with van der Waals surface area (Å²) < 4.78 is 0. The smallest absolute Gasteiger partial charge is 0.164 e. The molecule has 1 aliphatic rings. The third-order valence-electron chi connectivity index (χ3n) is 5.12. The van der Waals surface area contributed by atoms with Crippen molar-refractivity contribution in [3.63, 3.8) is 0 Å². The molecular formula is C23H30N2O. The molecule has 0 atom stereocenters. The number of hydrogen-bond acceptors (Lipinski definition) is 3. The van der Waals surface area contributed by atoms with Gasteiger partial charge >= 0.3 is 0 Å². The van der Waals surface area contributed by atoms with Crippen LogP contribution in [-0.4, -0.2) is 21.8 Å². The molecule has 3 nitrogen and oxygen atoms in total. The molecule has 0 aliphatic carbocycles. The molecular weight excluding hydrogens is 320 g/mol. The molecule has 0 amide bonds. The Labute approximate surface area is 157 Å². The molecule has 0 radical (unpaired) electrons. The Morgan fingerprint density at radius 3 is 2.27 bits per heavy atom. The van der Waals surface area contributed by atoms with Crippen molar-refractivity contribution in [1.82, 2.24) is 10.3 Å². The van der Waals surface area contributed by atoms with Gasteiger partial charge in [0.05, 0.1) is 0 Å². The summed E-state index contributed by atoms with van der Waals surface area (Å²) in [6.07, 6.45) is 5.21. The van der Waals surface area contributed by atoms with Gasteiger partial charge in [-0.25, -0.2) is 0 Å². The first-order valence-electron chi connectivity index (χ1n) is 9.54. The number of hydrogen-bond donors (Lipinski definition) is 1. The Morgan fingerprint density at radius 1 is 1.04 bits per heavy atom. The third kappa shape index (κ3) is 5.01. The number of Topliss-reactive ketones (excluding diaryl/α,β-unsaturated/α-hetero) is 1. The van der Waals surface area contributed by atoms with Crippen molar-refractivity contribution in [2.75, 3.05) is 0 Å². The van der Waals surface area contributed by atoms with Crippen LogP contribution in [0.25, 0.3) is 0 Å². The average molecular weight is 351 g/mol. The largest absolute Gasteiger partial charge is 0.307 e. The SMILES string of the molecule is CC1(C)CC(CC(=O)c2ccc(Cc3ccccc3)nc2)CC(C)(C)N1. The third-order valence-corrected chi connectivity index (χ3v) is 5.12. The monoisotopic (exact) mass is 350 g/mol. The molecule has 1 fully saturated rings. The van der Waals surface area contributed by atoms with E-state index in [2.05, 4.69) is 50.1 Å². The summed E-state index contributed by atoms with van der Waals surface area (Å²) in [4.78, 5) is 17.3. The fourth-order valence-electron chi connectivity index (χ4n) is 4.56. The molecule has 26 heavy (non-hydrogen) atoms. The molecule has 1 N–H and O–H groups in total. The lowest BCUT2D eigenvalue weighted by atomic mass is 9.74. The van der Waals surface area contributed by atoms with E-state index in [1.54, 1.807) is 6.20 Å². The number of piperidine rings is 1. The van der Waals surface area contributed by atoms with Crippen LogP contribution in [0.2, 0.25) is 0 Å². The van der Waals surface area contributed by atoms with Crippen LogP contribution in [0.4, 0.5) is 0 Å². The number of nitrogens with zero attached hydrogens (tertiary/aromatic N) is 1. The topological polar surface area (TPSA) is 42.0 Å². The van der Waals surface area contributed by atoms with E-state index in [0.717, 1.165) is 30.5 Å². The summed E-state index contributed by atoms with van der Waals surface area (Å²) in [7, 11) is 0. The molecule has 3 heteroatoms. The van der Waals surface area contributed by atoms with Gasteiger partial charge in [-0.2, -0.15) is 0 Å². The van der Waals surface area contributed by atoms with E-state index >= 15 is 0 Å². The number of pyridine rings is 1. The van der Waals surface area contributed by atoms with E-state index in [0.29, 0.717) is 12.3 Å². The number of aromatic nitrogens is 1. The van der Waals surface area contributed by atoms with Gasteiger partial charge in [-0.3, -0.25) is 9.78 Å². The zero-order chi connectivity index (χ0) is 18.8. The highest BCUT2D eigenvalue weighted by Crippen LogP contribution is 2.35. The predicted molar refractivity (Wildman–Crippen MR) is 106 cm³/mol. The quantitative estimate of drug-likeness (QED) is 0.788. The minimum Gasteiger partial charge on any atom is -0.307 e. The number of carbonyl (C=O) groups is 1. The maximum atomic E-state index is 12.7. The van der Waals surface area contributed by atoms with E-state index < -0.39 is 0 Å². The van der Waals surface area contributed by atoms with Crippen molar-refractivity contribution in [2.45, 2.75) is 64.5 Å². The molecule has 1 aromatic heterocycles. The van der Waals surface area contributed by atoms with E-state index in [9.17, 15) is 4.79 Å². The van der Waals surface area contributed by atoms with Gasteiger partial charge in [-0.1, -0.05) is 30.3 Å². The lowest BCUT2D eigenvalue weighted by molar-refractivity contribution is 0.0864. The zero-order valence-electron chi connectivity index (χ0n) is 16.4. The predicted octanol–water partition coefficient (Wildman–Crippen LogP) is 4.80. The van der Waals surface area contributed by atoms with Gasteiger partial charge in [0.25, 0.3) is 0 Å². The van der Waals surface area contributed by atoms with Crippen molar-refractivity contribution in [2.24, 2.45) is 5.92 Å². The summed E-state index contributed by atoms with van der Waals surface area (Å²) in [6, 6.07) is 14.2. The molecule has 0 spiro atoms. The Hall–Kier alpha value is -2.00. The first-order chi connectivity index (χ1) is 12.2. The van der Waals surface area contributed by atoms with Crippen LogP contribution in [0.15, 0.2) is 48.7 Å². The molecule has 0 saturated carbocycles. The summed E-state index contributed by atoms with van der Waals surface area (Å²) in [5, 5.41) is 3.68. The molecule has 0 bridgehead atoms. The van der Waals surface area contributed by atoms with Crippen LogP contribution in [0.5, 0.6) is 0 Å². The molecule has 1 saturated heterocycles. The van der Waals surface area contributed by atoms with Gasteiger partial charge in [0.2, 0.25) is 0 Å². The standard InChI is InChI=1S/C23H30N2O/c1-22(2)14-18(15-23(3,4)25-22)13-21(26)19-10-11-20(24-16-19)12-17-8-6-5-7-9-17/h5-11,16,18,25H,12-15H2,1-4H3. The number of nitrogens with one attached hydrogen (secondary N) is 1. The number of carbonyl (C=O) groups excluding carboxylic acids is 1. The Kier molecular flexibility index (Phi) is 5.29. The van der Waals surface area contributed by atoms with Crippen LogP contribution >= 0.6 is 0 Å².